The van der Waals surface area contributed by atoms with Crippen LogP contribution in [0.4, 0.5) is 14.5 Å². The fraction of sp³-hybridized carbons (Fsp3) is 0.310. The fourth-order valence-corrected chi connectivity index (χ4v) is 6.18. The highest BCUT2D eigenvalue weighted by Crippen LogP contribution is 2.36. The lowest BCUT2D eigenvalue weighted by Crippen LogP contribution is -2.35. The molecule has 0 aliphatic carbocycles. The van der Waals surface area contributed by atoms with Crippen molar-refractivity contribution in [2.24, 2.45) is 0 Å². The standard InChI is InChI=1S/C29H32F2N4O4S/c1-5-35(6-2)13-12-32-29(37)26-17(3)25(33-18(26)4)15-22-21-14-20(10-11-24(21)34-28(22)36)40(38,39)16-19-8-7-9-23(30)27(19)31/h7-11,14-15,33H,5-6,12-13,16H2,1-4H3,(H,32,37)(H,34,36)/b22-15-. The molecule has 0 saturated carbocycles. The number of aromatic amines is 1. The van der Waals surface area contributed by atoms with E-state index >= 15 is 0 Å². The number of carbonyl (C=O) groups excluding carboxylic acids is 2. The van der Waals surface area contributed by atoms with Crippen molar-refractivity contribution in [2.75, 3.05) is 31.5 Å². The number of rotatable bonds is 10. The number of nitrogens with one attached hydrogen (secondary N) is 3. The Bertz CT molecular complexity index is 1610. The highest BCUT2D eigenvalue weighted by atomic mass is 32.2. The number of H-pyrrole nitrogens is 1. The average Bonchev–Trinajstić information content (AvgIpc) is 3.38. The minimum absolute atomic E-state index is 0.134. The van der Waals surface area contributed by atoms with Crippen LogP contribution < -0.4 is 10.6 Å². The van der Waals surface area contributed by atoms with Gasteiger partial charge in [-0.2, -0.15) is 0 Å². The van der Waals surface area contributed by atoms with Crippen LogP contribution >= 0.6 is 0 Å². The van der Waals surface area contributed by atoms with Gasteiger partial charge in [-0.1, -0.05) is 26.0 Å². The molecule has 0 fully saturated rings. The molecule has 3 aromatic rings. The lowest BCUT2D eigenvalue weighted by Gasteiger charge is -2.18. The van der Waals surface area contributed by atoms with E-state index in [1.54, 1.807) is 19.9 Å². The number of benzene rings is 2. The highest BCUT2D eigenvalue weighted by Gasteiger charge is 2.28. The first-order valence-electron chi connectivity index (χ1n) is 13.0. The maximum absolute atomic E-state index is 14.2. The van der Waals surface area contributed by atoms with Gasteiger partial charge in [0.1, 0.15) is 0 Å². The van der Waals surface area contributed by atoms with Crippen molar-refractivity contribution in [3.63, 3.8) is 0 Å². The monoisotopic (exact) mass is 570 g/mol. The SMILES string of the molecule is CCN(CC)CCNC(=O)c1c(C)[nH]c(/C=C2\C(=O)Nc3ccc(S(=O)(=O)Cc4cccc(F)c4F)cc32)c1C. The van der Waals surface area contributed by atoms with Crippen LogP contribution in [0.25, 0.3) is 11.6 Å². The average molecular weight is 571 g/mol. The topological polar surface area (TPSA) is 111 Å². The highest BCUT2D eigenvalue weighted by molar-refractivity contribution is 7.90. The molecule has 4 rings (SSSR count). The molecule has 212 valence electrons. The molecule has 1 aliphatic rings. The molecule has 0 atom stereocenters. The summed E-state index contributed by atoms with van der Waals surface area (Å²) in [6.07, 6.45) is 1.58. The van der Waals surface area contributed by atoms with Gasteiger partial charge in [0, 0.05) is 41.3 Å². The van der Waals surface area contributed by atoms with Gasteiger partial charge in [-0.3, -0.25) is 9.59 Å². The van der Waals surface area contributed by atoms with E-state index in [0.29, 0.717) is 40.3 Å². The number of aryl methyl sites for hydroxylation is 1. The van der Waals surface area contributed by atoms with Crippen LogP contribution in [-0.2, 0) is 20.4 Å². The first kappa shape index (κ1) is 29.2. The van der Waals surface area contributed by atoms with E-state index in [1.807, 2.05) is 0 Å². The van der Waals surface area contributed by atoms with Gasteiger partial charge in [-0.05, 0) is 62.8 Å². The lowest BCUT2D eigenvalue weighted by atomic mass is 10.0. The molecule has 0 spiro atoms. The minimum Gasteiger partial charge on any atom is -0.358 e. The normalized spacial score (nSPS) is 14.1. The smallest absolute Gasteiger partial charge is 0.256 e. The second-order valence-corrected chi connectivity index (χ2v) is 11.6. The Hall–Kier alpha value is -3.83. The third-order valence-corrected chi connectivity index (χ3v) is 8.77. The number of nitrogens with zero attached hydrogens (tertiary/aromatic N) is 1. The van der Waals surface area contributed by atoms with Crippen molar-refractivity contribution in [1.29, 1.82) is 0 Å². The molecule has 0 bridgehead atoms. The molecule has 11 heteroatoms. The summed E-state index contributed by atoms with van der Waals surface area (Å²) in [5, 5.41) is 5.66. The van der Waals surface area contributed by atoms with Crippen LogP contribution in [0.1, 0.15) is 52.3 Å². The van der Waals surface area contributed by atoms with Crippen LogP contribution in [0, 0.1) is 25.5 Å². The van der Waals surface area contributed by atoms with Crippen LogP contribution in [0.15, 0.2) is 41.3 Å². The molecule has 8 nitrogen and oxygen atoms in total. The number of sulfone groups is 1. The molecule has 40 heavy (non-hydrogen) atoms. The molecular weight excluding hydrogens is 538 g/mol. The maximum atomic E-state index is 14.2. The van der Waals surface area contributed by atoms with Gasteiger partial charge in [0.15, 0.2) is 21.5 Å². The molecule has 1 aliphatic heterocycles. The van der Waals surface area contributed by atoms with E-state index in [9.17, 15) is 26.8 Å². The van der Waals surface area contributed by atoms with Crippen LogP contribution in [0.5, 0.6) is 0 Å². The van der Waals surface area contributed by atoms with E-state index in [1.165, 1.54) is 30.3 Å². The van der Waals surface area contributed by atoms with Crippen molar-refractivity contribution in [3.05, 3.63) is 81.7 Å². The van der Waals surface area contributed by atoms with E-state index < -0.39 is 33.1 Å². The first-order valence-corrected chi connectivity index (χ1v) is 14.6. The summed E-state index contributed by atoms with van der Waals surface area (Å²) >= 11 is 0. The largest absolute Gasteiger partial charge is 0.358 e. The predicted molar refractivity (Wildman–Crippen MR) is 151 cm³/mol. The zero-order valence-corrected chi connectivity index (χ0v) is 23.6. The second-order valence-electron chi connectivity index (χ2n) is 9.64. The summed E-state index contributed by atoms with van der Waals surface area (Å²) in [6.45, 7) is 10.7. The Morgan fingerprint density at radius 1 is 1.10 bits per heavy atom. The third-order valence-electron chi connectivity index (χ3n) is 7.11. The second kappa shape index (κ2) is 11.7. The molecule has 2 heterocycles. The van der Waals surface area contributed by atoms with E-state index in [4.69, 9.17) is 0 Å². The number of fused-ring (bicyclic) bond motifs is 1. The Morgan fingerprint density at radius 3 is 2.52 bits per heavy atom. The summed E-state index contributed by atoms with van der Waals surface area (Å²) in [5.41, 5.74) is 3.00. The number of amides is 2. The van der Waals surface area contributed by atoms with Crippen molar-refractivity contribution >= 4 is 39.0 Å². The summed E-state index contributed by atoms with van der Waals surface area (Å²) in [4.78, 5) is 31.0. The number of likely N-dealkylation sites (N-methyl/N-ethyl adjacent to an activating group) is 1. The fourth-order valence-electron chi connectivity index (χ4n) is 4.81. The summed E-state index contributed by atoms with van der Waals surface area (Å²) in [5.74, 6) is -3.74. The number of carbonyl (C=O) groups is 2. The van der Waals surface area contributed by atoms with Crippen molar-refractivity contribution in [2.45, 2.75) is 38.3 Å². The molecular formula is C29H32F2N4O4S. The van der Waals surface area contributed by atoms with Gasteiger partial charge in [-0.15, -0.1) is 0 Å². The van der Waals surface area contributed by atoms with E-state index in [-0.39, 0.29) is 21.9 Å². The number of anilines is 1. The van der Waals surface area contributed by atoms with Gasteiger partial charge in [0.2, 0.25) is 0 Å². The maximum Gasteiger partial charge on any atom is 0.256 e. The first-order chi connectivity index (χ1) is 19.0. The Kier molecular flexibility index (Phi) is 8.55. The minimum atomic E-state index is -4.07. The molecule has 1 aromatic heterocycles. The lowest BCUT2D eigenvalue weighted by molar-refractivity contribution is -0.110. The summed E-state index contributed by atoms with van der Waals surface area (Å²) in [6, 6.07) is 7.51. The van der Waals surface area contributed by atoms with Gasteiger partial charge in [-0.25, -0.2) is 17.2 Å². The summed E-state index contributed by atoms with van der Waals surface area (Å²) < 4.78 is 53.9. The molecule has 0 radical (unpaired) electrons. The Morgan fingerprint density at radius 2 is 1.82 bits per heavy atom. The third kappa shape index (κ3) is 5.85. The van der Waals surface area contributed by atoms with Gasteiger partial charge >= 0.3 is 0 Å². The van der Waals surface area contributed by atoms with Gasteiger partial charge in [0.05, 0.1) is 21.8 Å². The zero-order valence-electron chi connectivity index (χ0n) is 22.8. The zero-order chi connectivity index (χ0) is 29.2. The van der Waals surface area contributed by atoms with Crippen molar-refractivity contribution < 1.29 is 26.8 Å². The van der Waals surface area contributed by atoms with Gasteiger partial charge in [0.25, 0.3) is 11.8 Å². The van der Waals surface area contributed by atoms with E-state index in [2.05, 4.69) is 34.4 Å². The number of aromatic nitrogens is 1. The molecule has 2 aromatic carbocycles. The number of halogens is 2. The predicted octanol–water partition coefficient (Wildman–Crippen LogP) is 4.45. The van der Waals surface area contributed by atoms with E-state index in [0.717, 1.165) is 25.7 Å². The van der Waals surface area contributed by atoms with Crippen LogP contribution in [0.3, 0.4) is 0 Å². The Balaban J connectivity index is 1.62. The summed E-state index contributed by atoms with van der Waals surface area (Å²) in [7, 11) is -4.07. The van der Waals surface area contributed by atoms with Crippen molar-refractivity contribution in [1.82, 2.24) is 15.2 Å². The molecule has 0 unspecified atom stereocenters. The van der Waals surface area contributed by atoms with Gasteiger partial charge < -0.3 is 20.5 Å². The molecule has 2 amide bonds. The molecule has 3 N–H and O–H groups in total. The van der Waals surface area contributed by atoms with Crippen LogP contribution in [-0.4, -0.2) is 56.3 Å². The Labute approximate surface area is 232 Å². The molecule has 0 saturated heterocycles. The quantitative estimate of drug-likeness (QED) is 0.312. The van der Waals surface area contributed by atoms with Crippen LogP contribution in [0.2, 0.25) is 0 Å². The number of hydrogen-bond donors (Lipinski definition) is 3. The number of hydrogen-bond acceptors (Lipinski definition) is 5. The van der Waals surface area contributed by atoms with Crippen molar-refractivity contribution in [3.8, 4) is 0 Å².